The summed E-state index contributed by atoms with van der Waals surface area (Å²) >= 11 is 0. The SMILES string of the molecule is COc1ccc(C(=O)NCCNC(=O)c2oc3ccccc3c2C)cc1. The molecule has 0 unspecified atom stereocenters. The first-order valence-corrected chi connectivity index (χ1v) is 8.28. The van der Waals surface area contributed by atoms with Gasteiger partial charge in [0.1, 0.15) is 11.3 Å². The fraction of sp³-hybridized carbons (Fsp3) is 0.200. The van der Waals surface area contributed by atoms with Crippen molar-refractivity contribution in [2.75, 3.05) is 20.2 Å². The maximum atomic E-state index is 12.3. The van der Waals surface area contributed by atoms with Gasteiger partial charge in [0, 0.05) is 29.6 Å². The van der Waals surface area contributed by atoms with Crippen molar-refractivity contribution in [1.82, 2.24) is 10.6 Å². The Balaban J connectivity index is 1.51. The minimum atomic E-state index is -0.294. The molecule has 2 N–H and O–H groups in total. The first kappa shape index (κ1) is 17.5. The third-order valence-electron chi connectivity index (χ3n) is 4.10. The molecule has 3 rings (SSSR count). The first-order chi connectivity index (χ1) is 12.6. The number of nitrogens with one attached hydrogen (secondary N) is 2. The van der Waals surface area contributed by atoms with Crippen LogP contribution in [0.1, 0.15) is 26.5 Å². The second kappa shape index (κ2) is 7.74. The summed E-state index contributed by atoms with van der Waals surface area (Å²) in [5.41, 5.74) is 2.02. The second-order valence-corrected chi connectivity index (χ2v) is 5.79. The molecule has 6 heteroatoms. The van der Waals surface area contributed by atoms with Crippen LogP contribution in [0.3, 0.4) is 0 Å². The Kier molecular flexibility index (Phi) is 5.22. The Morgan fingerprint density at radius 1 is 0.962 bits per heavy atom. The lowest BCUT2D eigenvalue weighted by Crippen LogP contribution is -2.34. The van der Waals surface area contributed by atoms with Crippen molar-refractivity contribution in [1.29, 1.82) is 0 Å². The van der Waals surface area contributed by atoms with Crippen molar-refractivity contribution in [2.45, 2.75) is 6.92 Å². The number of carbonyl (C=O) groups is 2. The number of hydrogen-bond donors (Lipinski definition) is 2. The van der Waals surface area contributed by atoms with Gasteiger partial charge in [-0.25, -0.2) is 0 Å². The monoisotopic (exact) mass is 352 g/mol. The van der Waals surface area contributed by atoms with Gasteiger partial charge in [-0.15, -0.1) is 0 Å². The summed E-state index contributed by atoms with van der Waals surface area (Å²) < 4.78 is 10.7. The van der Waals surface area contributed by atoms with Crippen molar-refractivity contribution in [3.05, 3.63) is 65.4 Å². The minimum absolute atomic E-state index is 0.207. The maximum absolute atomic E-state index is 12.3. The molecule has 0 aliphatic rings. The van der Waals surface area contributed by atoms with Crippen LogP contribution in [0, 0.1) is 6.92 Å². The van der Waals surface area contributed by atoms with E-state index in [2.05, 4.69) is 10.6 Å². The quantitative estimate of drug-likeness (QED) is 0.669. The lowest BCUT2D eigenvalue weighted by atomic mass is 10.1. The zero-order valence-electron chi connectivity index (χ0n) is 14.7. The molecule has 2 amide bonds. The van der Waals surface area contributed by atoms with Crippen LogP contribution < -0.4 is 15.4 Å². The second-order valence-electron chi connectivity index (χ2n) is 5.79. The van der Waals surface area contributed by atoms with Crippen LogP contribution in [0.5, 0.6) is 5.75 Å². The van der Waals surface area contributed by atoms with Crippen LogP contribution in [0.25, 0.3) is 11.0 Å². The molecule has 0 saturated heterocycles. The van der Waals surface area contributed by atoms with E-state index in [1.54, 1.807) is 31.4 Å². The summed E-state index contributed by atoms with van der Waals surface area (Å²) in [5.74, 6) is 0.488. The Hall–Kier alpha value is -3.28. The number of fused-ring (bicyclic) bond motifs is 1. The zero-order valence-corrected chi connectivity index (χ0v) is 14.7. The van der Waals surface area contributed by atoms with Gasteiger partial charge in [0.25, 0.3) is 11.8 Å². The number of carbonyl (C=O) groups excluding carboxylic acids is 2. The smallest absolute Gasteiger partial charge is 0.287 e. The predicted octanol–water partition coefficient (Wildman–Crippen LogP) is 2.91. The molecule has 0 aliphatic heterocycles. The predicted molar refractivity (Wildman–Crippen MR) is 98.6 cm³/mol. The van der Waals surface area contributed by atoms with E-state index in [1.165, 1.54) is 0 Å². The van der Waals surface area contributed by atoms with E-state index in [-0.39, 0.29) is 11.8 Å². The number of methoxy groups -OCH3 is 1. The number of furan rings is 1. The van der Waals surface area contributed by atoms with Crippen LogP contribution in [-0.4, -0.2) is 32.0 Å². The third kappa shape index (κ3) is 3.69. The van der Waals surface area contributed by atoms with E-state index in [9.17, 15) is 9.59 Å². The Bertz CT molecular complexity index is 929. The van der Waals surface area contributed by atoms with E-state index in [0.717, 1.165) is 10.9 Å². The van der Waals surface area contributed by atoms with E-state index >= 15 is 0 Å². The fourth-order valence-corrected chi connectivity index (χ4v) is 2.67. The van der Waals surface area contributed by atoms with Crippen molar-refractivity contribution in [3.8, 4) is 5.75 Å². The number of para-hydroxylation sites is 1. The molecule has 134 valence electrons. The first-order valence-electron chi connectivity index (χ1n) is 8.28. The van der Waals surface area contributed by atoms with E-state index in [1.807, 2.05) is 31.2 Å². The lowest BCUT2D eigenvalue weighted by Gasteiger charge is -2.07. The standard InChI is InChI=1S/C20H20N2O4/c1-13-16-5-3-4-6-17(16)26-18(13)20(24)22-12-11-21-19(23)14-7-9-15(25-2)10-8-14/h3-10H,11-12H2,1-2H3,(H,21,23)(H,22,24). The van der Waals surface area contributed by atoms with Gasteiger partial charge in [0.15, 0.2) is 5.76 Å². The third-order valence-corrected chi connectivity index (χ3v) is 4.10. The van der Waals surface area contributed by atoms with Crippen LogP contribution in [0.2, 0.25) is 0 Å². The van der Waals surface area contributed by atoms with E-state index < -0.39 is 0 Å². The van der Waals surface area contributed by atoms with Gasteiger partial charge >= 0.3 is 0 Å². The molecule has 6 nitrogen and oxygen atoms in total. The molecule has 0 spiro atoms. The average Bonchev–Trinajstić information content (AvgIpc) is 3.02. The van der Waals surface area contributed by atoms with Gasteiger partial charge in [-0.1, -0.05) is 18.2 Å². The summed E-state index contributed by atoms with van der Waals surface area (Å²) in [6.07, 6.45) is 0. The average molecular weight is 352 g/mol. The summed E-state index contributed by atoms with van der Waals surface area (Å²) in [4.78, 5) is 24.3. The maximum Gasteiger partial charge on any atom is 0.287 e. The highest BCUT2D eigenvalue weighted by Gasteiger charge is 2.16. The van der Waals surface area contributed by atoms with Gasteiger partial charge < -0.3 is 19.8 Å². The number of ether oxygens (including phenoxy) is 1. The van der Waals surface area contributed by atoms with Crippen molar-refractivity contribution >= 4 is 22.8 Å². The molecule has 0 bridgehead atoms. The summed E-state index contributed by atoms with van der Waals surface area (Å²) in [6, 6.07) is 14.3. The van der Waals surface area contributed by atoms with Crippen LogP contribution in [0.4, 0.5) is 0 Å². The van der Waals surface area contributed by atoms with Gasteiger partial charge in [-0.2, -0.15) is 0 Å². The lowest BCUT2D eigenvalue weighted by molar-refractivity contribution is 0.0911. The van der Waals surface area contributed by atoms with Gasteiger partial charge in [-0.3, -0.25) is 9.59 Å². The van der Waals surface area contributed by atoms with Crippen molar-refractivity contribution in [2.24, 2.45) is 0 Å². The van der Waals surface area contributed by atoms with E-state index in [0.29, 0.717) is 35.7 Å². The van der Waals surface area contributed by atoms with Crippen LogP contribution in [-0.2, 0) is 0 Å². The number of rotatable bonds is 6. The Morgan fingerprint density at radius 3 is 2.27 bits per heavy atom. The Labute approximate surface area is 151 Å². The van der Waals surface area contributed by atoms with Crippen LogP contribution >= 0.6 is 0 Å². The topological polar surface area (TPSA) is 80.6 Å². The molecule has 0 radical (unpaired) electrons. The molecule has 1 aromatic heterocycles. The molecular weight excluding hydrogens is 332 g/mol. The molecule has 26 heavy (non-hydrogen) atoms. The minimum Gasteiger partial charge on any atom is -0.497 e. The molecule has 1 heterocycles. The number of benzene rings is 2. The van der Waals surface area contributed by atoms with E-state index in [4.69, 9.17) is 9.15 Å². The largest absolute Gasteiger partial charge is 0.497 e. The molecular formula is C20H20N2O4. The van der Waals surface area contributed by atoms with Crippen molar-refractivity contribution in [3.63, 3.8) is 0 Å². The summed E-state index contributed by atoms with van der Waals surface area (Å²) in [6.45, 7) is 2.47. The highest BCUT2D eigenvalue weighted by molar-refractivity contribution is 5.99. The number of amides is 2. The number of aryl methyl sites for hydroxylation is 1. The highest BCUT2D eigenvalue weighted by Crippen LogP contribution is 2.24. The molecule has 2 aromatic carbocycles. The molecule has 0 atom stereocenters. The number of hydrogen-bond acceptors (Lipinski definition) is 4. The van der Waals surface area contributed by atoms with Crippen molar-refractivity contribution < 1.29 is 18.7 Å². The molecule has 0 saturated carbocycles. The highest BCUT2D eigenvalue weighted by atomic mass is 16.5. The normalized spacial score (nSPS) is 10.5. The van der Waals surface area contributed by atoms with Crippen LogP contribution in [0.15, 0.2) is 52.9 Å². The van der Waals surface area contributed by atoms with Gasteiger partial charge in [0.05, 0.1) is 7.11 Å². The molecule has 0 aliphatic carbocycles. The molecule has 3 aromatic rings. The summed E-state index contributed by atoms with van der Waals surface area (Å²) in [5, 5.41) is 6.44. The fourth-order valence-electron chi connectivity index (χ4n) is 2.67. The zero-order chi connectivity index (χ0) is 18.5. The summed E-state index contributed by atoms with van der Waals surface area (Å²) in [7, 11) is 1.57. The van der Waals surface area contributed by atoms with Gasteiger partial charge in [-0.05, 0) is 37.3 Å². The Morgan fingerprint density at radius 2 is 1.62 bits per heavy atom. The van der Waals surface area contributed by atoms with Gasteiger partial charge in [0.2, 0.25) is 0 Å². The molecule has 0 fully saturated rings.